The summed E-state index contributed by atoms with van der Waals surface area (Å²) in [4.78, 5) is 14.5. The highest BCUT2D eigenvalue weighted by Gasteiger charge is 2.17. The van der Waals surface area contributed by atoms with Gasteiger partial charge in [0.1, 0.15) is 12.4 Å². The molecule has 0 saturated carbocycles. The number of nitrogens with zero attached hydrogens (tertiary/aromatic N) is 2. The number of aromatic nitrogens is 2. The van der Waals surface area contributed by atoms with Crippen molar-refractivity contribution >= 4 is 25.6 Å². The quantitative estimate of drug-likeness (QED) is 0.754. The molecule has 0 atom stereocenters. The minimum absolute atomic E-state index is 0.109. The Bertz CT molecular complexity index is 480. The minimum Gasteiger partial charge on any atom is -0.368 e. The van der Waals surface area contributed by atoms with Gasteiger partial charge in [0.15, 0.2) is 5.03 Å². The molecule has 84 valence electrons. The summed E-state index contributed by atoms with van der Waals surface area (Å²) in [6.45, 7) is 1.67. The molecule has 0 unspecified atom stereocenters. The Morgan fingerprint density at radius 2 is 2.27 bits per heavy atom. The molecule has 6 nitrogen and oxygen atoms in total. The fourth-order valence-corrected chi connectivity index (χ4v) is 1.82. The SMILES string of the molecule is CCc1nc(S(=O)(=O)Cl)cn1CC(N)=O. The van der Waals surface area contributed by atoms with Gasteiger partial charge in [-0.15, -0.1) is 0 Å². The van der Waals surface area contributed by atoms with Gasteiger partial charge < -0.3 is 10.3 Å². The fraction of sp³-hybridized carbons (Fsp3) is 0.429. The van der Waals surface area contributed by atoms with E-state index >= 15 is 0 Å². The highest BCUT2D eigenvalue weighted by atomic mass is 35.7. The van der Waals surface area contributed by atoms with E-state index in [9.17, 15) is 13.2 Å². The van der Waals surface area contributed by atoms with Gasteiger partial charge in [-0.25, -0.2) is 13.4 Å². The molecule has 0 aromatic carbocycles. The Kier molecular flexibility index (Phi) is 3.35. The van der Waals surface area contributed by atoms with Crippen LogP contribution in [0.1, 0.15) is 12.7 Å². The van der Waals surface area contributed by atoms with Crippen molar-refractivity contribution in [2.24, 2.45) is 5.73 Å². The fourth-order valence-electron chi connectivity index (χ4n) is 1.13. The van der Waals surface area contributed by atoms with Gasteiger partial charge in [-0.2, -0.15) is 0 Å². The second-order valence-corrected chi connectivity index (χ2v) is 5.39. The van der Waals surface area contributed by atoms with Crippen molar-refractivity contribution in [1.29, 1.82) is 0 Å². The van der Waals surface area contributed by atoms with Crippen LogP contribution < -0.4 is 5.73 Å². The average molecular weight is 252 g/mol. The van der Waals surface area contributed by atoms with E-state index in [4.69, 9.17) is 16.4 Å². The van der Waals surface area contributed by atoms with Crippen LogP contribution in [0, 0.1) is 0 Å². The Balaban J connectivity index is 3.17. The summed E-state index contributed by atoms with van der Waals surface area (Å²) in [6, 6.07) is 0. The summed E-state index contributed by atoms with van der Waals surface area (Å²) in [5.74, 6) is -0.117. The van der Waals surface area contributed by atoms with Crippen LogP contribution in [0.5, 0.6) is 0 Å². The number of halogens is 1. The summed E-state index contributed by atoms with van der Waals surface area (Å²) in [5, 5.41) is -0.262. The lowest BCUT2D eigenvalue weighted by atomic mass is 10.4. The summed E-state index contributed by atoms with van der Waals surface area (Å²) >= 11 is 0. The first-order valence-corrected chi connectivity index (χ1v) is 6.44. The maximum atomic E-state index is 11.0. The van der Waals surface area contributed by atoms with Crippen LogP contribution >= 0.6 is 10.7 Å². The Hall–Kier alpha value is -1.08. The monoisotopic (exact) mass is 251 g/mol. The first-order valence-electron chi connectivity index (χ1n) is 4.13. The molecule has 0 aliphatic rings. The summed E-state index contributed by atoms with van der Waals surface area (Å²) in [5.41, 5.74) is 5.00. The van der Waals surface area contributed by atoms with E-state index in [1.807, 2.05) is 0 Å². The molecular weight excluding hydrogens is 242 g/mol. The van der Waals surface area contributed by atoms with Crippen LogP contribution in [0.2, 0.25) is 0 Å². The molecule has 0 spiro atoms. The number of primary amides is 1. The maximum absolute atomic E-state index is 11.0. The van der Waals surface area contributed by atoms with E-state index < -0.39 is 15.0 Å². The number of carbonyl (C=O) groups excluding carboxylic acids is 1. The molecule has 15 heavy (non-hydrogen) atoms. The van der Waals surface area contributed by atoms with Crippen LogP contribution in [0.3, 0.4) is 0 Å². The molecule has 1 aromatic rings. The number of aryl methyl sites for hydroxylation is 1. The lowest BCUT2D eigenvalue weighted by molar-refractivity contribution is -0.118. The number of amides is 1. The molecule has 2 N–H and O–H groups in total. The van der Waals surface area contributed by atoms with Crippen LogP contribution in [-0.4, -0.2) is 23.9 Å². The molecule has 0 aliphatic carbocycles. The van der Waals surface area contributed by atoms with Gasteiger partial charge in [-0.1, -0.05) is 6.92 Å². The molecular formula is C7H10ClN3O3S. The van der Waals surface area contributed by atoms with Crippen molar-refractivity contribution in [3.8, 4) is 0 Å². The second-order valence-electron chi connectivity index (χ2n) is 2.88. The van der Waals surface area contributed by atoms with E-state index in [1.165, 1.54) is 10.8 Å². The highest BCUT2D eigenvalue weighted by Crippen LogP contribution is 2.14. The predicted molar refractivity (Wildman–Crippen MR) is 53.8 cm³/mol. The Morgan fingerprint density at radius 1 is 1.67 bits per heavy atom. The number of nitrogens with two attached hydrogens (primary N) is 1. The van der Waals surface area contributed by atoms with Crippen LogP contribution in [0.4, 0.5) is 0 Å². The summed E-state index contributed by atoms with van der Waals surface area (Å²) in [6.07, 6.45) is 1.69. The van der Waals surface area contributed by atoms with Gasteiger partial charge >= 0.3 is 0 Å². The van der Waals surface area contributed by atoms with E-state index in [0.717, 1.165) is 0 Å². The third kappa shape index (κ3) is 2.93. The lowest BCUT2D eigenvalue weighted by Gasteiger charge is -2.00. The second kappa shape index (κ2) is 4.19. The maximum Gasteiger partial charge on any atom is 0.280 e. The van der Waals surface area contributed by atoms with Gasteiger partial charge in [0.05, 0.1) is 0 Å². The predicted octanol–water partition coefficient (Wildman–Crippen LogP) is -0.142. The molecule has 1 aromatic heterocycles. The number of rotatable bonds is 4. The van der Waals surface area contributed by atoms with Crippen molar-refractivity contribution in [3.05, 3.63) is 12.0 Å². The van der Waals surface area contributed by atoms with Gasteiger partial charge in [0.25, 0.3) is 9.05 Å². The van der Waals surface area contributed by atoms with Crippen molar-refractivity contribution in [2.75, 3.05) is 0 Å². The third-order valence-electron chi connectivity index (χ3n) is 1.73. The van der Waals surface area contributed by atoms with Gasteiger partial charge in [-0.05, 0) is 0 Å². The number of imidazole rings is 1. The molecule has 1 rings (SSSR count). The van der Waals surface area contributed by atoms with Crippen molar-refractivity contribution in [2.45, 2.75) is 24.9 Å². The summed E-state index contributed by atoms with van der Waals surface area (Å²) < 4.78 is 23.3. The first kappa shape index (κ1) is 12.0. The lowest BCUT2D eigenvalue weighted by Crippen LogP contribution is -2.19. The minimum atomic E-state index is -3.86. The van der Waals surface area contributed by atoms with Crippen LogP contribution in [0.25, 0.3) is 0 Å². The molecule has 0 radical (unpaired) electrons. The van der Waals surface area contributed by atoms with Crippen molar-refractivity contribution < 1.29 is 13.2 Å². The van der Waals surface area contributed by atoms with Gasteiger partial charge in [0, 0.05) is 23.3 Å². The topological polar surface area (TPSA) is 95.1 Å². The Labute approximate surface area is 91.5 Å². The molecule has 0 saturated heterocycles. The molecule has 1 heterocycles. The standard InChI is InChI=1S/C7H10ClN3O3S/c1-2-6-10-7(15(8,13)14)4-11(6)3-5(9)12/h4H,2-3H2,1H3,(H2,9,12). The molecule has 1 amide bonds. The largest absolute Gasteiger partial charge is 0.368 e. The first-order chi connectivity index (χ1) is 6.84. The van der Waals surface area contributed by atoms with E-state index in [2.05, 4.69) is 4.98 Å². The third-order valence-corrected chi connectivity index (χ3v) is 2.90. The highest BCUT2D eigenvalue weighted by molar-refractivity contribution is 8.13. The number of hydrogen-bond donors (Lipinski definition) is 1. The average Bonchev–Trinajstić information content (AvgIpc) is 2.45. The number of carbonyl (C=O) groups is 1. The molecule has 8 heteroatoms. The summed E-state index contributed by atoms with van der Waals surface area (Å²) in [7, 11) is 1.26. The Morgan fingerprint density at radius 3 is 2.67 bits per heavy atom. The van der Waals surface area contributed by atoms with Gasteiger partial charge in [-0.3, -0.25) is 4.79 Å². The molecule has 0 fully saturated rings. The normalized spacial score (nSPS) is 11.6. The smallest absolute Gasteiger partial charge is 0.280 e. The zero-order chi connectivity index (χ0) is 11.6. The van der Waals surface area contributed by atoms with Gasteiger partial charge in [0.2, 0.25) is 5.91 Å². The van der Waals surface area contributed by atoms with E-state index in [0.29, 0.717) is 12.2 Å². The van der Waals surface area contributed by atoms with Crippen LogP contribution in [0.15, 0.2) is 11.2 Å². The van der Waals surface area contributed by atoms with Crippen LogP contribution in [-0.2, 0) is 26.8 Å². The van der Waals surface area contributed by atoms with E-state index in [1.54, 1.807) is 6.92 Å². The van der Waals surface area contributed by atoms with Crippen molar-refractivity contribution in [3.63, 3.8) is 0 Å². The van der Waals surface area contributed by atoms with Crippen molar-refractivity contribution in [1.82, 2.24) is 9.55 Å². The zero-order valence-electron chi connectivity index (χ0n) is 7.97. The molecule has 0 bridgehead atoms. The zero-order valence-corrected chi connectivity index (χ0v) is 9.55. The molecule has 0 aliphatic heterocycles. The van der Waals surface area contributed by atoms with E-state index in [-0.39, 0.29) is 11.6 Å². The number of hydrogen-bond acceptors (Lipinski definition) is 4.